The molecular weight excluding hydrogens is 302 g/mol. The lowest BCUT2D eigenvalue weighted by Crippen LogP contribution is -2.49. The highest BCUT2D eigenvalue weighted by Gasteiger charge is 2.21. The maximum atomic E-state index is 12.2. The van der Waals surface area contributed by atoms with Gasteiger partial charge in [-0.3, -0.25) is 0 Å². The Bertz CT molecular complexity index is 496. The summed E-state index contributed by atoms with van der Waals surface area (Å²) in [4.78, 5) is 14.7. The molecule has 1 saturated heterocycles. The van der Waals surface area contributed by atoms with Gasteiger partial charge in [0.2, 0.25) is 0 Å². The summed E-state index contributed by atoms with van der Waals surface area (Å²) in [7, 11) is 0. The van der Waals surface area contributed by atoms with Crippen LogP contribution in [0.25, 0.3) is 0 Å². The standard InChI is InChI=1S/C19H31N3O2/c1-3-11-22-12-9-17(10-13-22)20-19(24)21-18(14-23)16-7-5-15(4-2)6-8-16/h5-8,17-18,23H,3-4,9-14H2,1-2H3,(H2,20,21,24). The number of nitrogens with one attached hydrogen (secondary N) is 2. The minimum absolute atomic E-state index is 0.103. The molecule has 0 saturated carbocycles. The first-order valence-corrected chi connectivity index (χ1v) is 9.15. The number of nitrogens with zero attached hydrogens (tertiary/aromatic N) is 1. The number of hydrogen-bond acceptors (Lipinski definition) is 3. The minimum Gasteiger partial charge on any atom is -0.394 e. The van der Waals surface area contributed by atoms with E-state index < -0.39 is 0 Å². The van der Waals surface area contributed by atoms with E-state index in [2.05, 4.69) is 29.4 Å². The summed E-state index contributed by atoms with van der Waals surface area (Å²) in [5.74, 6) is 0. The van der Waals surface area contributed by atoms with Gasteiger partial charge in [-0.15, -0.1) is 0 Å². The fourth-order valence-corrected chi connectivity index (χ4v) is 3.22. The van der Waals surface area contributed by atoms with Crippen molar-refractivity contribution >= 4 is 6.03 Å². The quantitative estimate of drug-likeness (QED) is 0.718. The van der Waals surface area contributed by atoms with E-state index in [1.165, 1.54) is 12.0 Å². The molecule has 134 valence electrons. The van der Waals surface area contributed by atoms with Gasteiger partial charge in [0.15, 0.2) is 0 Å². The van der Waals surface area contributed by atoms with Crippen LogP contribution in [0.1, 0.15) is 50.3 Å². The lowest BCUT2D eigenvalue weighted by molar-refractivity contribution is 0.186. The van der Waals surface area contributed by atoms with E-state index in [1.807, 2.05) is 24.3 Å². The summed E-state index contributed by atoms with van der Waals surface area (Å²) >= 11 is 0. The van der Waals surface area contributed by atoms with Crippen molar-refractivity contribution in [3.05, 3.63) is 35.4 Å². The molecule has 1 heterocycles. The van der Waals surface area contributed by atoms with E-state index in [1.54, 1.807) is 0 Å². The van der Waals surface area contributed by atoms with Gasteiger partial charge in [-0.2, -0.15) is 0 Å². The molecular formula is C19H31N3O2. The Labute approximate surface area is 145 Å². The van der Waals surface area contributed by atoms with Crippen LogP contribution in [0.15, 0.2) is 24.3 Å². The number of piperidine rings is 1. The second-order valence-electron chi connectivity index (χ2n) is 6.56. The van der Waals surface area contributed by atoms with Crippen LogP contribution >= 0.6 is 0 Å². The monoisotopic (exact) mass is 333 g/mol. The summed E-state index contributed by atoms with van der Waals surface area (Å²) in [6.07, 6.45) is 4.13. The molecule has 1 aliphatic heterocycles. The second-order valence-corrected chi connectivity index (χ2v) is 6.56. The van der Waals surface area contributed by atoms with Crippen LogP contribution in [-0.4, -0.2) is 48.3 Å². The number of hydrogen-bond donors (Lipinski definition) is 3. The molecule has 0 radical (unpaired) electrons. The van der Waals surface area contributed by atoms with E-state index in [9.17, 15) is 9.90 Å². The Kier molecular flexibility index (Phi) is 7.53. The number of benzene rings is 1. The number of carbonyl (C=O) groups excluding carboxylic acids is 1. The highest BCUT2D eigenvalue weighted by Crippen LogP contribution is 2.15. The van der Waals surface area contributed by atoms with Gasteiger partial charge in [0.05, 0.1) is 12.6 Å². The van der Waals surface area contributed by atoms with Crippen molar-refractivity contribution in [2.24, 2.45) is 0 Å². The highest BCUT2D eigenvalue weighted by atomic mass is 16.3. The number of rotatable bonds is 7. The average Bonchev–Trinajstić information content (AvgIpc) is 2.62. The van der Waals surface area contributed by atoms with Crippen molar-refractivity contribution in [2.45, 2.75) is 51.6 Å². The van der Waals surface area contributed by atoms with Gasteiger partial charge in [0.25, 0.3) is 0 Å². The van der Waals surface area contributed by atoms with Gasteiger partial charge in [-0.1, -0.05) is 38.1 Å². The van der Waals surface area contributed by atoms with Crippen LogP contribution in [0.5, 0.6) is 0 Å². The molecule has 0 aliphatic carbocycles. The number of aliphatic hydroxyl groups is 1. The molecule has 2 rings (SSSR count). The van der Waals surface area contributed by atoms with Crippen molar-refractivity contribution in [2.75, 3.05) is 26.2 Å². The molecule has 0 bridgehead atoms. The zero-order valence-corrected chi connectivity index (χ0v) is 14.9. The van der Waals surface area contributed by atoms with Crippen molar-refractivity contribution in [1.29, 1.82) is 0 Å². The zero-order valence-electron chi connectivity index (χ0n) is 14.9. The van der Waals surface area contributed by atoms with Crippen molar-refractivity contribution in [1.82, 2.24) is 15.5 Å². The Hall–Kier alpha value is -1.59. The predicted octanol–water partition coefficient (Wildman–Crippen LogP) is 2.46. The van der Waals surface area contributed by atoms with Crippen molar-refractivity contribution in [3.8, 4) is 0 Å². The predicted molar refractivity (Wildman–Crippen MR) is 97.1 cm³/mol. The second kappa shape index (κ2) is 9.64. The summed E-state index contributed by atoms with van der Waals surface area (Å²) in [5.41, 5.74) is 2.18. The van der Waals surface area contributed by atoms with Crippen molar-refractivity contribution < 1.29 is 9.90 Å². The first-order chi connectivity index (χ1) is 11.7. The minimum atomic E-state index is -0.365. The first kappa shape index (κ1) is 18.7. The third kappa shape index (κ3) is 5.49. The summed E-state index contributed by atoms with van der Waals surface area (Å²) in [6, 6.07) is 7.70. The first-order valence-electron chi connectivity index (χ1n) is 9.15. The molecule has 24 heavy (non-hydrogen) atoms. The van der Waals surface area contributed by atoms with Crippen LogP contribution in [0.2, 0.25) is 0 Å². The van der Waals surface area contributed by atoms with Crippen LogP contribution in [0.4, 0.5) is 4.79 Å². The molecule has 1 atom stereocenters. The highest BCUT2D eigenvalue weighted by molar-refractivity contribution is 5.74. The Morgan fingerprint density at radius 1 is 1.25 bits per heavy atom. The molecule has 0 spiro atoms. The van der Waals surface area contributed by atoms with E-state index >= 15 is 0 Å². The van der Waals surface area contributed by atoms with Gasteiger partial charge >= 0.3 is 6.03 Å². The largest absolute Gasteiger partial charge is 0.394 e. The molecule has 1 aromatic rings. The molecule has 1 aliphatic rings. The van der Waals surface area contributed by atoms with E-state index in [4.69, 9.17) is 0 Å². The zero-order chi connectivity index (χ0) is 17.4. The molecule has 5 nitrogen and oxygen atoms in total. The van der Waals surface area contributed by atoms with Crippen LogP contribution in [0.3, 0.4) is 0 Å². The van der Waals surface area contributed by atoms with Gasteiger partial charge in [-0.25, -0.2) is 4.79 Å². The van der Waals surface area contributed by atoms with Crippen LogP contribution in [0, 0.1) is 0 Å². The number of aryl methyl sites for hydroxylation is 1. The molecule has 2 amide bonds. The molecule has 1 fully saturated rings. The Morgan fingerprint density at radius 3 is 2.46 bits per heavy atom. The summed E-state index contributed by atoms with van der Waals surface area (Å²) in [6.45, 7) is 7.42. The van der Waals surface area contributed by atoms with Crippen molar-refractivity contribution in [3.63, 3.8) is 0 Å². The Morgan fingerprint density at radius 2 is 1.92 bits per heavy atom. The molecule has 5 heteroatoms. The van der Waals surface area contributed by atoms with E-state index in [-0.39, 0.29) is 24.7 Å². The SMILES string of the molecule is CCCN1CCC(NC(=O)NC(CO)c2ccc(CC)cc2)CC1. The van der Waals surface area contributed by atoms with Crippen LogP contribution < -0.4 is 10.6 Å². The van der Waals surface area contributed by atoms with Gasteiger partial charge in [-0.05, 0) is 43.4 Å². The fraction of sp³-hybridized carbons (Fsp3) is 0.632. The molecule has 0 aromatic heterocycles. The van der Waals surface area contributed by atoms with E-state index in [0.29, 0.717) is 0 Å². The third-order valence-corrected chi connectivity index (χ3v) is 4.74. The molecule has 1 unspecified atom stereocenters. The lowest BCUT2D eigenvalue weighted by atomic mass is 10.0. The molecule has 3 N–H and O–H groups in total. The normalized spacial score (nSPS) is 17.5. The number of urea groups is 1. The summed E-state index contributed by atoms with van der Waals surface area (Å²) < 4.78 is 0. The number of aliphatic hydroxyl groups excluding tert-OH is 1. The van der Waals surface area contributed by atoms with E-state index in [0.717, 1.165) is 44.5 Å². The number of amides is 2. The maximum absolute atomic E-state index is 12.2. The Balaban J connectivity index is 1.81. The average molecular weight is 333 g/mol. The topological polar surface area (TPSA) is 64.6 Å². The number of carbonyl (C=O) groups is 1. The third-order valence-electron chi connectivity index (χ3n) is 4.74. The number of likely N-dealkylation sites (tertiary alicyclic amines) is 1. The maximum Gasteiger partial charge on any atom is 0.315 e. The van der Waals surface area contributed by atoms with Gasteiger partial charge in [0, 0.05) is 19.1 Å². The molecule has 1 aromatic carbocycles. The lowest BCUT2D eigenvalue weighted by Gasteiger charge is -2.32. The van der Waals surface area contributed by atoms with Gasteiger partial charge in [0.1, 0.15) is 0 Å². The van der Waals surface area contributed by atoms with Crippen LogP contribution in [-0.2, 0) is 6.42 Å². The fourth-order valence-electron chi connectivity index (χ4n) is 3.22. The summed E-state index contributed by atoms with van der Waals surface area (Å²) in [5, 5.41) is 15.5. The smallest absolute Gasteiger partial charge is 0.315 e. The van der Waals surface area contributed by atoms with Gasteiger partial charge < -0.3 is 20.6 Å².